The summed E-state index contributed by atoms with van der Waals surface area (Å²) in [4.78, 5) is 8.87. The first-order valence-electron chi connectivity index (χ1n) is 6.61. The summed E-state index contributed by atoms with van der Waals surface area (Å²) in [6, 6.07) is 4.39. The fourth-order valence-corrected chi connectivity index (χ4v) is 2.26. The first-order valence-corrected chi connectivity index (χ1v) is 7.40. The number of hydrogen-bond acceptors (Lipinski definition) is 4. The molecule has 0 aliphatic heterocycles. The molecule has 2 aromatic rings. The summed E-state index contributed by atoms with van der Waals surface area (Å²) in [5.41, 5.74) is 0.780. The molecule has 4 nitrogen and oxygen atoms in total. The highest BCUT2D eigenvalue weighted by molar-refractivity contribution is 9.10. The predicted octanol–water partition coefficient (Wildman–Crippen LogP) is 4.64. The Labute approximate surface area is 131 Å². The van der Waals surface area contributed by atoms with E-state index < -0.39 is 0 Å². The first-order chi connectivity index (χ1) is 9.90. The molecule has 0 atom stereocenters. The molecular weight excluding hydrogens is 337 g/mol. The van der Waals surface area contributed by atoms with E-state index in [0.717, 1.165) is 5.56 Å². The molecule has 1 aromatic heterocycles. The van der Waals surface area contributed by atoms with Crippen LogP contribution in [0.2, 0.25) is 0 Å². The fourth-order valence-electron chi connectivity index (χ4n) is 1.81. The van der Waals surface area contributed by atoms with E-state index in [-0.39, 0.29) is 11.7 Å². The van der Waals surface area contributed by atoms with E-state index in [0.29, 0.717) is 27.7 Å². The van der Waals surface area contributed by atoms with E-state index >= 15 is 0 Å². The number of halogens is 2. The maximum absolute atomic E-state index is 13.4. The van der Waals surface area contributed by atoms with Gasteiger partial charge < -0.3 is 10.1 Å². The molecular formula is C15H17BrFN3O. The SMILES string of the molecule is CNc1nc(C(C)C)nc(Oc2cc(F)cc(Br)c2)c1C. The third-order valence-corrected chi connectivity index (χ3v) is 3.38. The van der Waals surface area contributed by atoms with Crippen LogP contribution in [0.4, 0.5) is 10.2 Å². The van der Waals surface area contributed by atoms with E-state index in [2.05, 4.69) is 31.2 Å². The van der Waals surface area contributed by atoms with E-state index in [1.54, 1.807) is 13.1 Å². The number of aromatic nitrogens is 2. The van der Waals surface area contributed by atoms with Crippen LogP contribution >= 0.6 is 15.9 Å². The van der Waals surface area contributed by atoms with Crippen molar-refractivity contribution in [2.24, 2.45) is 0 Å². The highest BCUT2D eigenvalue weighted by Crippen LogP contribution is 2.30. The first kappa shape index (κ1) is 15.7. The molecule has 0 spiro atoms. The zero-order valence-corrected chi connectivity index (χ0v) is 14.0. The summed E-state index contributed by atoms with van der Waals surface area (Å²) in [6.45, 7) is 5.87. The van der Waals surface area contributed by atoms with E-state index in [9.17, 15) is 4.39 Å². The molecule has 0 fully saturated rings. The molecule has 1 aromatic carbocycles. The van der Waals surface area contributed by atoms with Crippen LogP contribution in [0.1, 0.15) is 31.2 Å². The normalized spacial score (nSPS) is 10.8. The van der Waals surface area contributed by atoms with Gasteiger partial charge in [0.2, 0.25) is 5.88 Å². The van der Waals surface area contributed by atoms with E-state index in [4.69, 9.17) is 4.74 Å². The van der Waals surface area contributed by atoms with E-state index in [1.807, 2.05) is 20.8 Å². The summed E-state index contributed by atoms with van der Waals surface area (Å²) in [5.74, 6) is 1.99. The highest BCUT2D eigenvalue weighted by atomic mass is 79.9. The van der Waals surface area contributed by atoms with Crippen molar-refractivity contribution < 1.29 is 9.13 Å². The minimum absolute atomic E-state index is 0.166. The Morgan fingerprint density at radius 1 is 1.24 bits per heavy atom. The molecule has 6 heteroatoms. The lowest BCUT2D eigenvalue weighted by atomic mass is 10.2. The van der Waals surface area contributed by atoms with Crippen molar-refractivity contribution in [3.05, 3.63) is 39.9 Å². The second kappa shape index (κ2) is 6.39. The number of nitrogens with zero attached hydrogens (tertiary/aromatic N) is 2. The van der Waals surface area contributed by atoms with Crippen molar-refractivity contribution in [1.82, 2.24) is 9.97 Å². The van der Waals surface area contributed by atoms with Gasteiger partial charge in [0.25, 0.3) is 0 Å². The number of benzene rings is 1. The van der Waals surface area contributed by atoms with Crippen molar-refractivity contribution >= 4 is 21.7 Å². The fraction of sp³-hybridized carbons (Fsp3) is 0.333. The number of hydrogen-bond donors (Lipinski definition) is 1. The average Bonchev–Trinajstić information content (AvgIpc) is 2.39. The quantitative estimate of drug-likeness (QED) is 0.869. The Morgan fingerprint density at radius 3 is 2.52 bits per heavy atom. The number of ether oxygens (including phenoxy) is 1. The monoisotopic (exact) mass is 353 g/mol. The zero-order valence-electron chi connectivity index (χ0n) is 12.4. The summed E-state index contributed by atoms with van der Waals surface area (Å²) in [6.07, 6.45) is 0. The van der Waals surface area contributed by atoms with Crippen molar-refractivity contribution in [1.29, 1.82) is 0 Å². The van der Waals surface area contributed by atoms with Gasteiger partial charge >= 0.3 is 0 Å². The van der Waals surface area contributed by atoms with Gasteiger partial charge in [-0.3, -0.25) is 0 Å². The minimum atomic E-state index is -0.371. The van der Waals surface area contributed by atoms with Crippen molar-refractivity contribution in [2.75, 3.05) is 12.4 Å². The van der Waals surface area contributed by atoms with Crippen LogP contribution in [-0.4, -0.2) is 17.0 Å². The summed E-state index contributed by atoms with van der Waals surface area (Å²) in [5, 5.41) is 3.03. The van der Waals surface area contributed by atoms with Gasteiger partial charge in [0, 0.05) is 23.5 Å². The molecule has 0 aliphatic carbocycles. The lowest BCUT2D eigenvalue weighted by molar-refractivity contribution is 0.448. The summed E-state index contributed by atoms with van der Waals surface area (Å²) < 4.78 is 19.8. The Balaban J connectivity index is 2.45. The Hall–Kier alpha value is -1.69. The van der Waals surface area contributed by atoms with Crippen LogP contribution in [-0.2, 0) is 0 Å². The topological polar surface area (TPSA) is 47.0 Å². The maximum Gasteiger partial charge on any atom is 0.227 e. The zero-order chi connectivity index (χ0) is 15.6. The van der Waals surface area contributed by atoms with Crippen molar-refractivity contribution in [3.8, 4) is 11.6 Å². The molecule has 112 valence electrons. The Morgan fingerprint density at radius 2 is 1.95 bits per heavy atom. The third kappa shape index (κ3) is 3.69. The summed E-state index contributed by atoms with van der Waals surface area (Å²) >= 11 is 3.25. The molecule has 0 unspecified atom stereocenters. The lowest BCUT2D eigenvalue weighted by Gasteiger charge is -2.14. The van der Waals surface area contributed by atoms with Crippen LogP contribution in [0.5, 0.6) is 11.6 Å². The molecule has 0 aliphatic rings. The van der Waals surface area contributed by atoms with Gasteiger partial charge in [-0.1, -0.05) is 29.8 Å². The summed E-state index contributed by atoms with van der Waals surface area (Å²) in [7, 11) is 1.79. The van der Waals surface area contributed by atoms with Gasteiger partial charge in [-0.05, 0) is 19.1 Å². The molecule has 0 saturated heterocycles. The third-order valence-electron chi connectivity index (χ3n) is 2.92. The average molecular weight is 354 g/mol. The predicted molar refractivity (Wildman–Crippen MR) is 84.6 cm³/mol. The number of rotatable bonds is 4. The molecule has 0 saturated carbocycles. The number of anilines is 1. The maximum atomic E-state index is 13.4. The van der Waals surface area contributed by atoms with Gasteiger partial charge in [0.1, 0.15) is 23.2 Å². The van der Waals surface area contributed by atoms with Gasteiger partial charge in [0.15, 0.2) is 0 Å². The van der Waals surface area contributed by atoms with Gasteiger partial charge in [-0.25, -0.2) is 9.37 Å². The molecule has 0 amide bonds. The van der Waals surface area contributed by atoms with Gasteiger partial charge in [-0.15, -0.1) is 0 Å². The molecule has 2 rings (SSSR count). The molecule has 0 bridgehead atoms. The molecule has 21 heavy (non-hydrogen) atoms. The van der Waals surface area contributed by atoms with E-state index in [1.165, 1.54) is 12.1 Å². The second-order valence-corrected chi connectivity index (χ2v) is 5.89. The standard InChI is InChI=1S/C15H17BrFN3O/c1-8(2)13-19-14(18-4)9(3)15(20-13)21-12-6-10(16)5-11(17)7-12/h5-8H,1-4H3,(H,18,19,20). The highest BCUT2D eigenvalue weighted by Gasteiger charge is 2.14. The van der Waals surface area contributed by atoms with Crippen molar-refractivity contribution in [2.45, 2.75) is 26.7 Å². The van der Waals surface area contributed by atoms with Crippen LogP contribution in [0.3, 0.4) is 0 Å². The minimum Gasteiger partial charge on any atom is -0.438 e. The lowest BCUT2D eigenvalue weighted by Crippen LogP contribution is -2.06. The largest absolute Gasteiger partial charge is 0.438 e. The Bertz CT molecular complexity index is 641. The van der Waals surface area contributed by atoms with Crippen LogP contribution < -0.4 is 10.1 Å². The van der Waals surface area contributed by atoms with Gasteiger partial charge in [0.05, 0.1) is 5.56 Å². The van der Waals surface area contributed by atoms with Crippen molar-refractivity contribution in [3.63, 3.8) is 0 Å². The Kier molecular flexibility index (Phi) is 4.77. The molecule has 1 N–H and O–H groups in total. The van der Waals surface area contributed by atoms with Gasteiger partial charge in [-0.2, -0.15) is 4.98 Å². The van der Waals surface area contributed by atoms with Crippen LogP contribution in [0.15, 0.2) is 22.7 Å². The molecule has 1 heterocycles. The smallest absolute Gasteiger partial charge is 0.227 e. The molecule has 0 radical (unpaired) electrons. The number of nitrogens with one attached hydrogen (secondary N) is 1. The van der Waals surface area contributed by atoms with Crippen LogP contribution in [0, 0.1) is 12.7 Å². The van der Waals surface area contributed by atoms with Crippen LogP contribution in [0.25, 0.3) is 0 Å². The second-order valence-electron chi connectivity index (χ2n) is 4.97.